The molecule has 1 N–H and O–H groups in total. The van der Waals surface area contributed by atoms with Gasteiger partial charge in [0.1, 0.15) is 17.2 Å². The van der Waals surface area contributed by atoms with Crippen LogP contribution in [0.2, 0.25) is 0 Å². The molecule has 42 heavy (non-hydrogen) atoms. The minimum absolute atomic E-state index is 0.0960. The molecule has 0 aliphatic rings. The van der Waals surface area contributed by atoms with Gasteiger partial charge in [0.15, 0.2) is 5.78 Å². The number of nitrogens with zero attached hydrogens (tertiary/aromatic N) is 2. The van der Waals surface area contributed by atoms with Crippen LogP contribution in [0.25, 0.3) is 55.7 Å². The summed E-state index contributed by atoms with van der Waals surface area (Å²) in [6.45, 7) is 3.77. The Hall–Kier alpha value is -4.76. The van der Waals surface area contributed by atoms with Gasteiger partial charge < -0.3 is 9.40 Å². The number of anilines is 1. The Morgan fingerprint density at radius 2 is 1.76 bits per heavy atom. The molecule has 3 aromatic heterocycles. The van der Waals surface area contributed by atoms with Crippen molar-refractivity contribution in [1.82, 2.24) is 9.97 Å². The normalized spacial score (nSPS) is 11.8. The molecule has 3 heterocycles. The van der Waals surface area contributed by atoms with E-state index in [1.807, 2.05) is 37.3 Å². The largest absolute Gasteiger partial charge is 0.455 e. The molecule has 0 aliphatic heterocycles. The molecule has 0 saturated heterocycles. The van der Waals surface area contributed by atoms with Crippen molar-refractivity contribution < 1.29 is 22.0 Å². The van der Waals surface area contributed by atoms with Crippen LogP contribution in [0.5, 0.6) is 0 Å². The third-order valence-corrected chi connectivity index (χ3v) is 8.71. The number of rotatable bonds is 7. The van der Waals surface area contributed by atoms with E-state index in [4.69, 9.17) is 4.42 Å². The first kappa shape index (κ1) is 27.4. The molecule has 0 radical (unpaired) electrons. The number of aromatic nitrogens is 2. The molecule has 0 fully saturated rings. The summed E-state index contributed by atoms with van der Waals surface area (Å²) in [5.74, 6) is 0.00864. The SMILES string of the molecule is CCC(=O)c1c(-c2ccc(C)cc2)oc2cc(N(C)S(C)(=O)=O)c(-c3cc(-c4cc5c(F)cccc5[nH]4)ccn3)cc12. The number of pyridine rings is 1. The first-order valence-electron chi connectivity index (χ1n) is 13.4. The number of Topliss-reactive ketones (excluding diaryl/α,β-unsaturated/α-hetero) is 1. The Kier molecular flexibility index (Phi) is 6.69. The topological polar surface area (TPSA) is 96.3 Å². The zero-order chi connectivity index (χ0) is 29.8. The molecule has 9 heteroatoms. The van der Waals surface area contributed by atoms with Gasteiger partial charge in [-0.25, -0.2) is 12.8 Å². The van der Waals surface area contributed by atoms with Crippen LogP contribution in [-0.4, -0.2) is 37.5 Å². The fourth-order valence-corrected chi connectivity index (χ4v) is 5.67. The summed E-state index contributed by atoms with van der Waals surface area (Å²) in [4.78, 5) is 21.1. The van der Waals surface area contributed by atoms with Crippen LogP contribution in [0.3, 0.4) is 0 Å². The second kappa shape index (κ2) is 10.3. The van der Waals surface area contributed by atoms with Crippen LogP contribution in [0, 0.1) is 12.7 Å². The van der Waals surface area contributed by atoms with Gasteiger partial charge in [-0.05, 0) is 43.3 Å². The van der Waals surface area contributed by atoms with E-state index in [0.29, 0.717) is 55.8 Å². The Labute approximate surface area is 242 Å². The second-order valence-electron chi connectivity index (χ2n) is 10.4. The zero-order valence-corrected chi connectivity index (χ0v) is 24.3. The van der Waals surface area contributed by atoms with Crippen LogP contribution in [-0.2, 0) is 10.0 Å². The number of furan rings is 1. The highest BCUT2D eigenvalue weighted by Gasteiger charge is 2.26. The van der Waals surface area contributed by atoms with E-state index in [9.17, 15) is 17.6 Å². The van der Waals surface area contributed by atoms with Gasteiger partial charge in [-0.2, -0.15) is 0 Å². The maximum absolute atomic E-state index is 14.4. The molecule has 6 aromatic rings. The molecule has 0 amide bonds. The lowest BCUT2D eigenvalue weighted by molar-refractivity contribution is 0.0989. The number of carbonyl (C=O) groups is 1. The maximum atomic E-state index is 14.4. The van der Waals surface area contributed by atoms with Crippen LogP contribution in [0.15, 0.2) is 83.4 Å². The molecule has 212 valence electrons. The van der Waals surface area contributed by atoms with Gasteiger partial charge in [-0.3, -0.25) is 14.1 Å². The lowest BCUT2D eigenvalue weighted by Crippen LogP contribution is -2.25. The lowest BCUT2D eigenvalue weighted by atomic mass is 9.97. The van der Waals surface area contributed by atoms with Crippen LogP contribution < -0.4 is 4.31 Å². The van der Waals surface area contributed by atoms with Crippen LogP contribution >= 0.6 is 0 Å². The monoisotopic (exact) mass is 581 g/mol. The van der Waals surface area contributed by atoms with Crippen LogP contribution in [0.4, 0.5) is 10.1 Å². The van der Waals surface area contributed by atoms with Crippen molar-refractivity contribution in [2.45, 2.75) is 20.3 Å². The number of hydrogen-bond acceptors (Lipinski definition) is 5. The van der Waals surface area contributed by atoms with Gasteiger partial charge in [-0.15, -0.1) is 0 Å². The maximum Gasteiger partial charge on any atom is 0.232 e. The molecule has 7 nitrogen and oxygen atoms in total. The predicted octanol–water partition coefficient (Wildman–Crippen LogP) is 7.75. The van der Waals surface area contributed by atoms with E-state index in [2.05, 4.69) is 9.97 Å². The molecule has 0 aliphatic carbocycles. The number of fused-ring (bicyclic) bond motifs is 2. The van der Waals surface area contributed by atoms with Crippen molar-refractivity contribution in [3.8, 4) is 33.8 Å². The van der Waals surface area contributed by atoms with Gasteiger partial charge in [0.2, 0.25) is 10.0 Å². The van der Waals surface area contributed by atoms with Crippen molar-refractivity contribution >= 4 is 43.4 Å². The number of nitrogens with one attached hydrogen (secondary N) is 1. The quantitative estimate of drug-likeness (QED) is 0.195. The lowest BCUT2D eigenvalue weighted by Gasteiger charge is -2.20. The predicted molar refractivity (Wildman–Crippen MR) is 165 cm³/mol. The Bertz CT molecular complexity index is 2110. The van der Waals surface area contributed by atoms with Gasteiger partial charge in [0, 0.05) is 64.4 Å². The van der Waals surface area contributed by atoms with E-state index in [1.165, 1.54) is 17.4 Å². The van der Waals surface area contributed by atoms with E-state index < -0.39 is 10.0 Å². The zero-order valence-electron chi connectivity index (χ0n) is 23.5. The molecule has 0 unspecified atom stereocenters. The number of sulfonamides is 1. The average molecular weight is 582 g/mol. The van der Waals surface area contributed by atoms with Gasteiger partial charge in [0.05, 0.1) is 23.2 Å². The van der Waals surface area contributed by atoms with Gasteiger partial charge in [0.25, 0.3) is 0 Å². The molecule has 3 aromatic carbocycles. The highest BCUT2D eigenvalue weighted by molar-refractivity contribution is 7.92. The van der Waals surface area contributed by atoms with Gasteiger partial charge >= 0.3 is 0 Å². The number of benzene rings is 3. The summed E-state index contributed by atoms with van der Waals surface area (Å²) in [5, 5.41) is 1.03. The Balaban J connectivity index is 1.60. The first-order valence-corrected chi connectivity index (χ1v) is 15.3. The number of ketones is 1. The highest BCUT2D eigenvalue weighted by Crippen LogP contribution is 2.42. The minimum Gasteiger partial charge on any atom is -0.455 e. The number of H-pyrrole nitrogens is 1. The van der Waals surface area contributed by atoms with E-state index in [0.717, 1.165) is 22.9 Å². The third-order valence-electron chi connectivity index (χ3n) is 7.51. The van der Waals surface area contributed by atoms with E-state index >= 15 is 0 Å². The standard InChI is InChI=1S/C33H28FN3O4S/c1-5-30(38)32-24-16-23(28-15-21(13-14-35-28)27-17-22-25(34)7-6-8-26(22)36-27)29(37(3)42(4,39)40)18-31(24)41-33(32)20-11-9-19(2)10-12-20/h6-18,36H,5H2,1-4H3. The van der Waals surface area contributed by atoms with Crippen molar-refractivity contribution in [1.29, 1.82) is 0 Å². The molecule has 0 atom stereocenters. The summed E-state index contributed by atoms with van der Waals surface area (Å²) in [5.41, 5.74) is 6.05. The van der Waals surface area contributed by atoms with E-state index in [-0.39, 0.29) is 18.0 Å². The van der Waals surface area contributed by atoms with Crippen molar-refractivity contribution in [3.05, 3.63) is 95.9 Å². The summed E-state index contributed by atoms with van der Waals surface area (Å²) >= 11 is 0. The number of aryl methyl sites for hydroxylation is 1. The molecular formula is C33H28FN3O4S. The Morgan fingerprint density at radius 3 is 2.45 bits per heavy atom. The van der Waals surface area contributed by atoms with Crippen LogP contribution in [0.1, 0.15) is 29.3 Å². The third kappa shape index (κ3) is 4.75. The molecule has 0 spiro atoms. The Morgan fingerprint density at radius 1 is 1.00 bits per heavy atom. The van der Waals surface area contributed by atoms with Gasteiger partial charge in [-0.1, -0.05) is 42.8 Å². The second-order valence-corrected chi connectivity index (χ2v) is 12.4. The molecule has 6 rings (SSSR count). The molecule has 0 saturated carbocycles. The fraction of sp³-hybridized carbons (Fsp3) is 0.152. The number of aromatic amines is 1. The first-order chi connectivity index (χ1) is 20.0. The summed E-state index contributed by atoms with van der Waals surface area (Å²) < 4.78 is 47.3. The minimum atomic E-state index is -3.67. The van der Waals surface area contributed by atoms with Crippen molar-refractivity contribution in [2.24, 2.45) is 0 Å². The van der Waals surface area contributed by atoms with Crippen molar-refractivity contribution in [3.63, 3.8) is 0 Å². The number of halogens is 1. The van der Waals surface area contributed by atoms with Crippen molar-refractivity contribution in [2.75, 3.05) is 17.6 Å². The average Bonchev–Trinajstić information content (AvgIpc) is 3.58. The van der Waals surface area contributed by atoms with E-state index in [1.54, 1.807) is 49.5 Å². The molecule has 0 bridgehead atoms. The summed E-state index contributed by atoms with van der Waals surface area (Å²) in [6, 6.07) is 21.3. The highest BCUT2D eigenvalue weighted by atomic mass is 32.2. The summed E-state index contributed by atoms with van der Waals surface area (Å²) in [7, 11) is -2.21. The number of carbonyl (C=O) groups excluding carboxylic acids is 1. The number of hydrogen-bond donors (Lipinski definition) is 1. The fourth-order valence-electron chi connectivity index (χ4n) is 5.16. The summed E-state index contributed by atoms with van der Waals surface area (Å²) in [6.07, 6.45) is 3.00. The smallest absolute Gasteiger partial charge is 0.232 e. The molecular weight excluding hydrogens is 553 g/mol.